The van der Waals surface area contributed by atoms with Crippen molar-refractivity contribution in [3.05, 3.63) is 11.8 Å². The van der Waals surface area contributed by atoms with E-state index in [4.69, 9.17) is 4.74 Å². The van der Waals surface area contributed by atoms with Crippen LogP contribution < -0.4 is 0 Å². The van der Waals surface area contributed by atoms with Gasteiger partial charge in [0.15, 0.2) is 5.76 Å². The SMILES string of the molecule is O=C(C1=CCCO1)C1CCSC1. The third-order valence-corrected chi connectivity index (χ3v) is 3.41. The molecule has 0 aromatic rings. The molecule has 2 aliphatic rings. The Labute approximate surface area is 76.4 Å². The van der Waals surface area contributed by atoms with Crippen molar-refractivity contribution < 1.29 is 9.53 Å². The molecule has 2 rings (SSSR count). The number of hydrogen-bond acceptors (Lipinski definition) is 3. The minimum atomic E-state index is 0.234. The van der Waals surface area contributed by atoms with E-state index in [9.17, 15) is 4.79 Å². The zero-order chi connectivity index (χ0) is 8.39. The molecule has 1 fully saturated rings. The van der Waals surface area contributed by atoms with Gasteiger partial charge in [-0.25, -0.2) is 0 Å². The van der Waals surface area contributed by atoms with Gasteiger partial charge in [-0.2, -0.15) is 11.8 Å². The Morgan fingerprint density at radius 1 is 1.67 bits per heavy atom. The van der Waals surface area contributed by atoms with Crippen molar-refractivity contribution in [2.24, 2.45) is 5.92 Å². The summed E-state index contributed by atoms with van der Waals surface area (Å²) in [6.45, 7) is 0.695. The lowest BCUT2D eigenvalue weighted by Crippen LogP contribution is -2.16. The Bertz CT molecular complexity index is 217. The van der Waals surface area contributed by atoms with Crippen LogP contribution >= 0.6 is 11.8 Å². The second-order valence-corrected chi connectivity index (χ2v) is 4.28. The van der Waals surface area contributed by atoms with Crippen molar-refractivity contribution >= 4 is 17.5 Å². The number of carbonyl (C=O) groups is 1. The molecule has 0 spiro atoms. The van der Waals surface area contributed by atoms with E-state index in [1.165, 1.54) is 0 Å². The molecular weight excluding hydrogens is 172 g/mol. The van der Waals surface area contributed by atoms with Crippen LogP contribution in [0.2, 0.25) is 0 Å². The first-order valence-electron chi connectivity index (χ1n) is 4.33. The van der Waals surface area contributed by atoms with Gasteiger partial charge in [-0.3, -0.25) is 4.79 Å². The van der Waals surface area contributed by atoms with Crippen LogP contribution in [0.4, 0.5) is 0 Å². The molecule has 0 saturated carbocycles. The normalized spacial score (nSPS) is 28.3. The smallest absolute Gasteiger partial charge is 0.200 e. The van der Waals surface area contributed by atoms with E-state index >= 15 is 0 Å². The van der Waals surface area contributed by atoms with E-state index in [0.717, 1.165) is 24.3 Å². The summed E-state index contributed by atoms with van der Waals surface area (Å²) in [4.78, 5) is 11.6. The predicted octanol–water partition coefficient (Wildman–Crippen LogP) is 1.61. The third kappa shape index (κ3) is 1.51. The molecule has 2 aliphatic heterocycles. The van der Waals surface area contributed by atoms with Crippen LogP contribution in [0.5, 0.6) is 0 Å². The Morgan fingerprint density at radius 3 is 3.17 bits per heavy atom. The lowest BCUT2D eigenvalue weighted by Gasteiger charge is -2.07. The highest BCUT2D eigenvalue weighted by atomic mass is 32.2. The van der Waals surface area contributed by atoms with E-state index in [2.05, 4.69) is 0 Å². The Balaban J connectivity index is 1.98. The van der Waals surface area contributed by atoms with E-state index in [1.54, 1.807) is 0 Å². The maximum Gasteiger partial charge on any atom is 0.200 e. The summed E-state index contributed by atoms with van der Waals surface area (Å²) in [5.74, 6) is 3.21. The minimum Gasteiger partial charge on any atom is -0.490 e. The van der Waals surface area contributed by atoms with Crippen molar-refractivity contribution in [2.75, 3.05) is 18.1 Å². The largest absolute Gasteiger partial charge is 0.490 e. The third-order valence-electron chi connectivity index (χ3n) is 2.25. The van der Waals surface area contributed by atoms with Crippen molar-refractivity contribution in [1.82, 2.24) is 0 Å². The zero-order valence-corrected chi connectivity index (χ0v) is 7.73. The Morgan fingerprint density at radius 2 is 2.58 bits per heavy atom. The number of ether oxygens (including phenoxy) is 1. The molecule has 0 aromatic heterocycles. The highest BCUT2D eigenvalue weighted by Crippen LogP contribution is 2.27. The van der Waals surface area contributed by atoms with Gasteiger partial charge >= 0.3 is 0 Å². The van der Waals surface area contributed by atoms with Crippen LogP contribution in [0.15, 0.2) is 11.8 Å². The van der Waals surface area contributed by atoms with E-state index < -0.39 is 0 Å². The molecular formula is C9H12O2S. The fourth-order valence-corrected chi connectivity index (χ4v) is 2.75. The molecule has 0 amide bonds. The molecule has 12 heavy (non-hydrogen) atoms. The summed E-state index contributed by atoms with van der Waals surface area (Å²) in [5.41, 5.74) is 0. The van der Waals surface area contributed by atoms with Crippen LogP contribution in [-0.4, -0.2) is 23.9 Å². The first-order chi connectivity index (χ1) is 5.88. The maximum absolute atomic E-state index is 11.6. The fourth-order valence-electron chi connectivity index (χ4n) is 1.53. The first-order valence-corrected chi connectivity index (χ1v) is 5.48. The van der Waals surface area contributed by atoms with Crippen LogP contribution in [0.1, 0.15) is 12.8 Å². The number of Topliss-reactive ketones (excluding diaryl/α,β-unsaturated/α-hetero) is 1. The molecule has 1 atom stereocenters. The summed E-state index contributed by atoms with van der Waals surface area (Å²) in [6, 6.07) is 0. The van der Waals surface area contributed by atoms with Crippen LogP contribution in [0.3, 0.4) is 0 Å². The average molecular weight is 184 g/mol. The number of carbonyl (C=O) groups excluding carboxylic acids is 1. The van der Waals surface area contributed by atoms with E-state index in [1.807, 2.05) is 17.8 Å². The molecule has 1 saturated heterocycles. The summed E-state index contributed by atoms with van der Waals surface area (Å²) in [7, 11) is 0. The lowest BCUT2D eigenvalue weighted by atomic mass is 10.0. The van der Waals surface area contributed by atoms with Gasteiger partial charge in [0.05, 0.1) is 6.61 Å². The average Bonchev–Trinajstić information content (AvgIpc) is 2.77. The number of hydrogen-bond donors (Lipinski definition) is 0. The Kier molecular flexibility index (Phi) is 2.40. The molecule has 1 unspecified atom stereocenters. The quantitative estimate of drug-likeness (QED) is 0.652. The number of rotatable bonds is 2. The van der Waals surface area contributed by atoms with Gasteiger partial charge in [-0.1, -0.05) is 0 Å². The van der Waals surface area contributed by atoms with Gasteiger partial charge in [0.2, 0.25) is 5.78 Å². The number of thioether (sulfide) groups is 1. The summed E-state index contributed by atoms with van der Waals surface area (Å²) < 4.78 is 5.23. The number of ketones is 1. The van der Waals surface area contributed by atoms with Crippen molar-refractivity contribution in [3.63, 3.8) is 0 Å². The molecule has 0 radical (unpaired) electrons. The summed E-state index contributed by atoms with van der Waals surface area (Å²) in [5, 5.41) is 0. The Hall–Kier alpha value is -0.440. The monoisotopic (exact) mass is 184 g/mol. The molecule has 3 heteroatoms. The van der Waals surface area contributed by atoms with Gasteiger partial charge < -0.3 is 4.74 Å². The second-order valence-electron chi connectivity index (χ2n) is 3.13. The number of allylic oxidation sites excluding steroid dienone is 1. The van der Waals surface area contributed by atoms with Gasteiger partial charge in [0.25, 0.3) is 0 Å². The standard InChI is InChI=1S/C9H12O2S/c10-9(7-3-5-12-6-7)8-2-1-4-11-8/h2,7H,1,3-6H2. The van der Waals surface area contributed by atoms with E-state index in [0.29, 0.717) is 12.4 Å². The topological polar surface area (TPSA) is 26.3 Å². The summed E-state index contributed by atoms with van der Waals surface area (Å²) >= 11 is 1.87. The first kappa shape index (κ1) is 8.17. The van der Waals surface area contributed by atoms with Gasteiger partial charge in [-0.05, 0) is 18.2 Å². The predicted molar refractivity (Wildman–Crippen MR) is 49.1 cm³/mol. The van der Waals surface area contributed by atoms with E-state index in [-0.39, 0.29) is 11.7 Å². The molecule has 2 heterocycles. The molecule has 0 N–H and O–H groups in total. The molecule has 66 valence electrons. The lowest BCUT2D eigenvalue weighted by molar-refractivity contribution is -0.121. The van der Waals surface area contributed by atoms with Crippen molar-refractivity contribution in [3.8, 4) is 0 Å². The van der Waals surface area contributed by atoms with Gasteiger partial charge in [0.1, 0.15) is 0 Å². The zero-order valence-electron chi connectivity index (χ0n) is 6.91. The van der Waals surface area contributed by atoms with Gasteiger partial charge in [-0.15, -0.1) is 0 Å². The highest BCUT2D eigenvalue weighted by molar-refractivity contribution is 7.99. The fraction of sp³-hybridized carbons (Fsp3) is 0.667. The maximum atomic E-state index is 11.6. The van der Waals surface area contributed by atoms with Crippen LogP contribution in [0.25, 0.3) is 0 Å². The minimum absolute atomic E-state index is 0.234. The van der Waals surface area contributed by atoms with Gasteiger partial charge in [0, 0.05) is 18.1 Å². The molecule has 0 aromatic carbocycles. The molecule has 0 bridgehead atoms. The second kappa shape index (κ2) is 3.52. The summed E-state index contributed by atoms with van der Waals surface area (Å²) in [6.07, 6.45) is 3.86. The van der Waals surface area contributed by atoms with Crippen LogP contribution in [-0.2, 0) is 9.53 Å². The van der Waals surface area contributed by atoms with Crippen molar-refractivity contribution in [1.29, 1.82) is 0 Å². The van der Waals surface area contributed by atoms with Crippen LogP contribution in [0, 0.1) is 5.92 Å². The molecule has 0 aliphatic carbocycles. The highest BCUT2D eigenvalue weighted by Gasteiger charge is 2.27. The molecule has 2 nitrogen and oxygen atoms in total. The van der Waals surface area contributed by atoms with Crippen molar-refractivity contribution in [2.45, 2.75) is 12.8 Å².